The average Bonchev–Trinajstić information content (AvgIpc) is 2.35. The predicted molar refractivity (Wildman–Crippen MR) is 79.7 cm³/mol. The molecule has 0 spiro atoms. The van der Waals surface area contributed by atoms with Crippen LogP contribution in [-0.2, 0) is 23.9 Å². The van der Waals surface area contributed by atoms with Crippen LogP contribution in [-0.4, -0.2) is 35.3 Å². The monoisotopic (exact) mass is 317 g/mol. The van der Waals surface area contributed by atoms with Crippen LogP contribution in [0.3, 0.4) is 0 Å². The Kier molecular flexibility index (Phi) is 8.70. The van der Waals surface area contributed by atoms with Crippen molar-refractivity contribution < 1.29 is 29.0 Å². The van der Waals surface area contributed by atoms with Gasteiger partial charge in [-0.05, 0) is 18.3 Å². The van der Waals surface area contributed by atoms with Crippen LogP contribution in [0.1, 0.15) is 47.5 Å². The molecule has 0 amide bonds. The first-order valence-corrected chi connectivity index (χ1v) is 7.42. The standard InChI is InChI=1S/C15H27NO6/c1-8(2)6-11(7-12(17)18)13(16)15(20)22-10(5)21-14(19)9(3)4/h8-11,13H,6-7,16H2,1-5H3,(H,17,18)/t10?,11-,13?/m0/s1. The Bertz CT molecular complexity index is 393. The molecule has 0 aliphatic heterocycles. The zero-order valence-corrected chi connectivity index (χ0v) is 13.9. The summed E-state index contributed by atoms with van der Waals surface area (Å²) in [7, 11) is 0. The van der Waals surface area contributed by atoms with Gasteiger partial charge in [0.1, 0.15) is 6.04 Å². The Hall–Kier alpha value is -1.63. The van der Waals surface area contributed by atoms with Crippen LogP contribution in [0.5, 0.6) is 0 Å². The molecule has 7 nitrogen and oxygen atoms in total. The molecule has 0 fully saturated rings. The highest BCUT2D eigenvalue weighted by atomic mass is 16.7. The maximum absolute atomic E-state index is 12.0. The van der Waals surface area contributed by atoms with Gasteiger partial charge in [-0.1, -0.05) is 27.7 Å². The van der Waals surface area contributed by atoms with E-state index < -0.39 is 36.2 Å². The summed E-state index contributed by atoms with van der Waals surface area (Å²) in [4.78, 5) is 34.3. The number of carbonyl (C=O) groups excluding carboxylic acids is 2. The highest BCUT2D eigenvalue weighted by Crippen LogP contribution is 2.20. The molecule has 0 aromatic rings. The van der Waals surface area contributed by atoms with Gasteiger partial charge in [0.2, 0.25) is 6.29 Å². The van der Waals surface area contributed by atoms with E-state index in [0.29, 0.717) is 6.42 Å². The minimum atomic E-state index is -1.07. The van der Waals surface area contributed by atoms with E-state index in [1.165, 1.54) is 6.92 Å². The highest BCUT2D eigenvalue weighted by molar-refractivity contribution is 5.78. The zero-order valence-electron chi connectivity index (χ0n) is 13.9. The summed E-state index contributed by atoms with van der Waals surface area (Å²) in [6.07, 6.45) is -0.782. The molecule has 3 atom stereocenters. The fraction of sp³-hybridized carbons (Fsp3) is 0.800. The second-order valence-corrected chi connectivity index (χ2v) is 6.11. The molecule has 22 heavy (non-hydrogen) atoms. The minimum absolute atomic E-state index is 0.194. The molecule has 0 saturated heterocycles. The third-order valence-corrected chi connectivity index (χ3v) is 3.03. The Labute approximate surface area is 131 Å². The molecule has 0 aliphatic carbocycles. The van der Waals surface area contributed by atoms with Crippen molar-refractivity contribution in [2.75, 3.05) is 0 Å². The van der Waals surface area contributed by atoms with Gasteiger partial charge in [0.05, 0.1) is 12.3 Å². The van der Waals surface area contributed by atoms with E-state index in [9.17, 15) is 14.4 Å². The van der Waals surface area contributed by atoms with Gasteiger partial charge < -0.3 is 20.3 Å². The predicted octanol–water partition coefficient (Wildman–Crippen LogP) is 1.54. The number of hydrogen-bond acceptors (Lipinski definition) is 6. The molecule has 0 radical (unpaired) electrons. The maximum Gasteiger partial charge on any atom is 0.326 e. The van der Waals surface area contributed by atoms with E-state index in [-0.39, 0.29) is 18.3 Å². The molecular formula is C15H27NO6. The van der Waals surface area contributed by atoms with Gasteiger partial charge in [0, 0.05) is 6.92 Å². The number of carboxylic acid groups (broad SMARTS) is 1. The molecule has 0 aromatic heterocycles. The second kappa shape index (κ2) is 9.40. The summed E-state index contributed by atoms with van der Waals surface area (Å²) >= 11 is 0. The van der Waals surface area contributed by atoms with Crippen LogP contribution in [0, 0.1) is 17.8 Å². The first-order chi connectivity index (χ1) is 10.0. The highest BCUT2D eigenvalue weighted by Gasteiger charge is 2.30. The molecular weight excluding hydrogens is 290 g/mol. The third-order valence-electron chi connectivity index (χ3n) is 3.03. The zero-order chi connectivity index (χ0) is 17.4. The van der Waals surface area contributed by atoms with E-state index in [2.05, 4.69) is 0 Å². The van der Waals surface area contributed by atoms with E-state index in [1.54, 1.807) is 13.8 Å². The molecule has 128 valence electrons. The number of nitrogens with two attached hydrogens (primary N) is 1. The summed E-state index contributed by atoms with van der Waals surface area (Å²) in [5.41, 5.74) is 5.82. The van der Waals surface area contributed by atoms with Crippen molar-refractivity contribution in [3.05, 3.63) is 0 Å². The van der Waals surface area contributed by atoms with Gasteiger partial charge in [-0.25, -0.2) is 0 Å². The Morgan fingerprint density at radius 1 is 1.00 bits per heavy atom. The summed E-state index contributed by atoms with van der Waals surface area (Å²) in [6, 6.07) is -1.07. The molecule has 3 N–H and O–H groups in total. The van der Waals surface area contributed by atoms with Crippen LogP contribution in [0.25, 0.3) is 0 Å². The van der Waals surface area contributed by atoms with Crippen molar-refractivity contribution in [2.24, 2.45) is 23.5 Å². The van der Waals surface area contributed by atoms with Crippen LogP contribution in [0.15, 0.2) is 0 Å². The summed E-state index contributed by atoms with van der Waals surface area (Å²) in [6.45, 7) is 8.57. The van der Waals surface area contributed by atoms with E-state index >= 15 is 0 Å². The van der Waals surface area contributed by atoms with E-state index in [0.717, 1.165) is 0 Å². The molecule has 0 heterocycles. The van der Waals surface area contributed by atoms with Crippen molar-refractivity contribution in [1.82, 2.24) is 0 Å². The Morgan fingerprint density at radius 3 is 1.91 bits per heavy atom. The van der Waals surface area contributed by atoms with E-state index in [1.807, 2.05) is 13.8 Å². The van der Waals surface area contributed by atoms with Gasteiger partial charge in [-0.15, -0.1) is 0 Å². The van der Waals surface area contributed by atoms with Crippen LogP contribution in [0.4, 0.5) is 0 Å². The van der Waals surface area contributed by atoms with Crippen LogP contribution in [0.2, 0.25) is 0 Å². The fourth-order valence-corrected chi connectivity index (χ4v) is 1.95. The van der Waals surface area contributed by atoms with Gasteiger partial charge in [0.25, 0.3) is 0 Å². The van der Waals surface area contributed by atoms with Crippen molar-refractivity contribution >= 4 is 17.9 Å². The minimum Gasteiger partial charge on any atom is -0.481 e. The molecule has 0 aromatic carbocycles. The lowest BCUT2D eigenvalue weighted by Crippen LogP contribution is -2.42. The van der Waals surface area contributed by atoms with Crippen LogP contribution < -0.4 is 5.73 Å². The Balaban J connectivity index is 4.64. The average molecular weight is 317 g/mol. The summed E-state index contributed by atoms with van der Waals surface area (Å²) in [5.74, 6) is -2.95. The topological polar surface area (TPSA) is 116 Å². The maximum atomic E-state index is 12.0. The smallest absolute Gasteiger partial charge is 0.326 e. The number of esters is 2. The van der Waals surface area contributed by atoms with Crippen LogP contribution >= 0.6 is 0 Å². The number of carbonyl (C=O) groups is 3. The van der Waals surface area contributed by atoms with E-state index in [4.69, 9.17) is 20.3 Å². The third kappa shape index (κ3) is 7.97. The first kappa shape index (κ1) is 20.4. The van der Waals surface area contributed by atoms with Crippen molar-refractivity contribution in [3.8, 4) is 0 Å². The number of hydrogen-bond donors (Lipinski definition) is 2. The molecule has 0 saturated carbocycles. The number of rotatable bonds is 9. The lowest BCUT2D eigenvalue weighted by molar-refractivity contribution is -0.188. The van der Waals surface area contributed by atoms with Crippen molar-refractivity contribution in [1.29, 1.82) is 0 Å². The second-order valence-electron chi connectivity index (χ2n) is 6.11. The summed E-state index contributed by atoms with van der Waals surface area (Å²) in [5, 5.41) is 8.91. The quantitative estimate of drug-likeness (QED) is 0.489. The fourth-order valence-electron chi connectivity index (χ4n) is 1.95. The first-order valence-electron chi connectivity index (χ1n) is 7.42. The van der Waals surface area contributed by atoms with Crippen molar-refractivity contribution in [2.45, 2.75) is 59.8 Å². The lowest BCUT2D eigenvalue weighted by atomic mass is 9.88. The normalized spacial score (nSPS) is 15.3. The number of aliphatic carboxylic acids is 1. The molecule has 0 bridgehead atoms. The van der Waals surface area contributed by atoms with Crippen molar-refractivity contribution in [3.63, 3.8) is 0 Å². The molecule has 0 aliphatic rings. The Morgan fingerprint density at radius 2 is 1.50 bits per heavy atom. The number of ether oxygens (including phenoxy) is 2. The largest absolute Gasteiger partial charge is 0.481 e. The van der Waals surface area contributed by atoms with Gasteiger partial charge >= 0.3 is 17.9 Å². The summed E-state index contributed by atoms with van der Waals surface area (Å²) < 4.78 is 9.90. The SMILES string of the molecule is CC(C)C[C@@H](CC(=O)O)C(N)C(=O)OC(C)OC(=O)C(C)C. The van der Waals surface area contributed by atoms with Gasteiger partial charge in [-0.3, -0.25) is 14.4 Å². The van der Waals surface area contributed by atoms with Gasteiger partial charge in [0.15, 0.2) is 0 Å². The number of carboxylic acids is 1. The van der Waals surface area contributed by atoms with Gasteiger partial charge in [-0.2, -0.15) is 0 Å². The molecule has 0 rings (SSSR count). The molecule has 7 heteroatoms. The molecule has 2 unspecified atom stereocenters. The lowest BCUT2D eigenvalue weighted by Gasteiger charge is -2.24.